The van der Waals surface area contributed by atoms with E-state index in [0.29, 0.717) is 12.2 Å². The second-order valence-electron chi connectivity index (χ2n) is 11.3. The van der Waals surface area contributed by atoms with Crippen molar-refractivity contribution in [2.24, 2.45) is 5.92 Å². The smallest absolute Gasteiger partial charge is 0.343 e. The Morgan fingerprint density at radius 2 is 1.29 bits per heavy atom. The van der Waals surface area contributed by atoms with Crippen LogP contribution in [0.3, 0.4) is 0 Å². The first-order valence-corrected chi connectivity index (χ1v) is 16.2. The molecular weight excluding hydrogens is 544 g/mol. The summed E-state index contributed by atoms with van der Waals surface area (Å²) in [6.45, 7) is 6.66. The maximum absolute atomic E-state index is 12.7. The van der Waals surface area contributed by atoms with Gasteiger partial charge in [0, 0.05) is 6.07 Å². The van der Waals surface area contributed by atoms with E-state index >= 15 is 0 Å². The fraction of sp³-hybridized carbons (Fsp3) is 0.459. The number of aryl methyl sites for hydroxylation is 1. The number of rotatable bonds is 18. The fourth-order valence-corrected chi connectivity index (χ4v) is 5.03. The zero-order valence-electron chi connectivity index (χ0n) is 25.6. The largest absolute Gasteiger partial charge is 0.462 e. The molecule has 42 heavy (non-hydrogen) atoms. The van der Waals surface area contributed by atoms with Gasteiger partial charge in [-0.15, -0.1) is 0 Å². The zero-order valence-corrected chi connectivity index (χ0v) is 26.4. The average molecular weight is 591 g/mol. The van der Waals surface area contributed by atoms with Crippen LogP contribution in [0.4, 0.5) is 0 Å². The highest BCUT2D eigenvalue weighted by Gasteiger charge is 2.16. The van der Waals surface area contributed by atoms with E-state index in [-0.39, 0.29) is 22.3 Å². The lowest BCUT2D eigenvalue weighted by atomic mass is 10.00. The molecule has 1 unspecified atom stereocenters. The second-order valence-corrected chi connectivity index (χ2v) is 11.8. The van der Waals surface area contributed by atoms with Crippen molar-refractivity contribution in [3.05, 3.63) is 88.4 Å². The van der Waals surface area contributed by atoms with Gasteiger partial charge in [-0.2, -0.15) is 0 Å². The van der Waals surface area contributed by atoms with E-state index in [1.54, 1.807) is 18.2 Å². The van der Waals surface area contributed by atoms with E-state index in [4.69, 9.17) is 21.1 Å². The molecule has 0 spiro atoms. The summed E-state index contributed by atoms with van der Waals surface area (Å²) in [6.07, 6.45) is 15.5. The van der Waals surface area contributed by atoms with E-state index in [9.17, 15) is 9.59 Å². The Balaban J connectivity index is 1.43. The third-order valence-corrected chi connectivity index (χ3v) is 8.11. The minimum atomic E-state index is -0.489. The van der Waals surface area contributed by atoms with Gasteiger partial charge in [-0.05, 0) is 59.7 Å². The lowest BCUT2D eigenvalue weighted by molar-refractivity contribution is 0.0447. The summed E-state index contributed by atoms with van der Waals surface area (Å²) >= 11 is 6.28. The van der Waals surface area contributed by atoms with Crippen LogP contribution in [0.15, 0.2) is 66.7 Å². The number of hydrogen-bond acceptors (Lipinski definition) is 4. The summed E-state index contributed by atoms with van der Waals surface area (Å²) in [5, 5.41) is 0.182. The molecule has 3 aromatic carbocycles. The summed E-state index contributed by atoms with van der Waals surface area (Å²) in [5.74, 6) is -0.430. The molecule has 0 N–H and O–H groups in total. The lowest BCUT2D eigenvalue weighted by Crippen LogP contribution is -2.12. The van der Waals surface area contributed by atoms with Crippen LogP contribution >= 0.6 is 11.6 Å². The Bertz CT molecular complexity index is 1230. The Kier molecular flexibility index (Phi) is 14.7. The number of hydrogen-bond donors (Lipinski definition) is 0. The molecule has 0 bridgehead atoms. The predicted octanol–water partition coefficient (Wildman–Crippen LogP) is 10.9. The van der Waals surface area contributed by atoms with E-state index in [1.807, 2.05) is 26.0 Å². The Labute approximate surface area is 257 Å². The molecule has 0 fully saturated rings. The molecule has 0 aliphatic carbocycles. The quantitative estimate of drug-likeness (QED) is 0.0839. The number of benzene rings is 3. The molecule has 0 saturated carbocycles. The third kappa shape index (κ3) is 11.3. The average Bonchev–Trinajstić information content (AvgIpc) is 3.01. The molecule has 0 heterocycles. The highest BCUT2D eigenvalue weighted by molar-refractivity contribution is 6.33. The van der Waals surface area contributed by atoms with Crippen molar-refractivity contribution >= 4 is 23.5 Å². The first-order valence-electron chi connectivity index (χ1n) is 15.8. The highest BCUT2D eigenvalue weighted by Crippen LogP contribution is 2.26. The second kappa shape index (κ2) is 18.4. The van der Waals surface area contributed by atoms with E-state index in [1.165, 1.54) is 81.9 Å². The first-order chi connectivity index (χ1) is 20.4. The van der Waals surface area contributed by atoms with Crippen LogP contribution in [-0.4, -0.2) is 18.5 Å². The van der Waals surface area contributed by atoms with Crippen LogP contribution in [0, 0.1) is 5.92 Å². The van der Waals surface area contributed by atoms with Crippen LogP contribution in [0.5, 0.6) is 5.75 Å². The van der Waals surface area contributed by atoms with Crippen LogP contribution < -0.4 is 4.74 Å². The van der Waals surface area contributed by atoms with Gasteiger partial charge in [0.1, 0.15) is 5.75 Å². The van der Waals surface area contributed by atoms with Gasteiger partial charge in [0.2, 0.25) is 0 Å². The molecule has 3 rings (SSSR count). The molecule has 4 nitrogen and oxygen atoms in total. The van der Waals surface area contributed by atoms with Gasteiger partial charge in [0.25, 0.3) is 0 Å². The molecule has 0 amide bonds. The molecule has 3 aromatic rings. The van der Waals surface area contributed by atoms with Crippen molar-refractivity contribution in [2.45, 2.75) is 97.8 Å². The standard InChI is InChI=1S/C37H47ClO4/c1-4-6-7-8-9-10-11-12-13-14-15-29-16-18-30(19-17-29)31-20-22-32(23-21-31)36(39)42-33-24-25-34(35(38)26-33)37(40)41-27-28(3)5-2/h16-26,28H,4-15,27H2,1-3H3. The van der Waals surface area contributed by atoms with Gasteiger partial charge < -0.3 is 9.47 Å². The summed E-state index contributed by atoms with van der Waals surface area (Å²) in [4.78, 5) is 25.0. The van der Waals surface area contributed by atoms with Crippen LogP contribution in [0.25, 0.3) is 11.1 Å². The highest BCUT2D eigenvalue weighted by atomic mass is 35.5. The van der Waals surface area contributed by atoms with Crippen molar-refractivity contribution in [3.63, 3.8) is 0 Å². The molecule has 0 aliphatic rings. The monoisotopic (exact) mass is 590 g/mol. The number of ether oxygens (including phenoxy) is 2. The molecule has 0 aromatic heterocycles. The Morgan fingerprint density at radius 3 is 1.86 bits per heavy atom. The van der Waals surface area contributed by atoms with Gasteiger partial charge in [0.15, 0.2) is 0 Å². The minimum Gasteiger partial charge on any atom is -0.462 e. The van der Waals surface area contributed by atoms with Crippen molar-refractivity contribution in [1.29, 1.82) is 0 Å². The van der Waals surface area contributed by atoms with Crippen LogP contribution in [-0.2, 0) is 11.2 Å². The van der Waals surface area contributed by atoms with Gasteiger partial charge in [0.05, 0.1) is 22.8 Å². The lowest BCUT2D eigenvalue weighted by Gasteiger charge is -2.11. The van der Waals surface area contributed by atoms with E-state index in [2.05, 4.69) is 31.2 Å². The summed E-state index contributed by atoms with van der Waals surface area (Å²) in [5.41, 5.74) is 4.21. The number of halogens is 1. The minimum absolute atomic E-state index is 0.182. The number of unbranched alkanes of at least 4 members (excludes halogenated alkanes) is 9. The first kappa shape index (κ1) is 33.4. The van der Waals surface area contributed by atoms with Gasteiger partial charge in [-0.3, -0.25) is 0 Å². The van der Waals surface area contributed by atoms with E-state index < -0.39 is 11.9 Å². The Morgan fingerprint density at radius 1 is 0.714 bits per heavy atom. The van der Waals surface area contributed by atoms with Gasteiger partial charge in [-0.25, -0.2) is 9.59 Å². The topological polar surface area (TPSA) is 52.6 Å². The van der Waals surface area contributed by atoms with Crippen LogP contribution in [0.2, 0.25) is 5.02 Å². The van der Waals surface area contributed by atoms with Crippen molar-refractivity contribution < 1.29 is 19.1 Å². The molecule has 0 radical (unpaired) electrons. The number of carbonyl (C=O) groups is 2. The van der Waals surface area contributed by atoms with Gasteiger partial charge in [-0.1, -0.05) is 133 Å². The normalized spacial score (nSPS) is 11.7. The van der Waals surface area contributed by atoms with Gasteiger partial charge >= 0.3 is 11.9 Å². The van der Waals surface area contributed by atoms with Crippen molar-refractivity contribution in [1.82, 2.24) is 0 Å². The van der Waals surface area contributed by atoms with Crippen molar-refractivity contribution in [2.75, 3.05) is 6.61 Å². The summed E-state index contributed by atoms with van der Waals surface area (Å²) in [7, 11) is 0. The van der Waals surface area contributed by atoms with Crippen molar-refractivity contribution in [3.8, 4) is 16.9 Å². The third-order valence-electron chi connectivity index (χ3n) is 7.79. The molecule has 5 heteroatoms. The maximum Gasteiger partial charge on any atom is 0.343 e. The SMILES string of the molecule is CCCCCCCCCCCCc1ccc(-c2ccc(C(=O)Oc3ccc(C(=O)OCC(C)CC)c(Cl)c3)cc2)cc1. The zero-order chi connectivity index (χ0) is 30.2. The molecule has 0 saturated heterocycles. The molecule has 226 valence electrons. The Hall–Kier alpha value is -3.11. The van der Waals surface area contributed by atoms with Crippen LogP contribution in [0.1, 0.15) is 118 Å². The summed E-state index contributed by atoms with van der Waals surface area (Å²) < 4.78 is 10.8. The molecular formula is C37H47ClO4. The molecule has 0 aliphatic heterocycles. The molecule has 1 atom stereocenters. The predicted molar refractivity (Wildman–Crippen MR) is 174 cm³/mol. The maximum atomic E-state index is 12.7. The fourth-order valence-electron chi connectivity index (χ4n) is 4.78. The summed E-state index contributed by atoms with van der Waals surface area (Å²) in [6, 6.07) is 20.6. The van der Waals surface area contributed by atoms with E-state index in [0.717, 1.165) is 24.0 Å². The number of esters is 2. The number of carbonyl (C=O) groups excluding carboxylic acids is 2.